The maximum absolute atomic E-state index is 13.5. The van der Waals surface area contributed by atoms with Crippen molar-refractivity contribution in [2.45, 2.75) is 12.8 Å². The molecule has 126 valence electrons. The number of nitrogens with zero attached hydrogens (tertiary/aromatic N) is 2. The van der Waals surface area contributed by atoms with Crippen LogP contribution in [-0.4, -0.2) is 34.4 Å². The van der Waals surface area contributed by atoms with E-state index in [0.717, 1.165) is 6.07 Å². The van der Waals surface area contributed by atoms with Gasteiger partial charge < -0.3 is 15.2 Å². The Kier molecular flexibility index (Phi) is 4.09. The van der Waals surface area contributed by atoms with E-state index < -0.39 is 17.2 Å². The van der Waals surface area contributed by atoms with Gasteiger partial charge in [0.1, 0.15) is 11.4 Å². The fourth-order valence-corrected chi connectivity index (χ4v) is 3.15. The molecule has 0 spiro atoms. The van der Waals surface area contributed by atoms with Gasteiger partial charge in [0.25, 0.3) is 5.91 Å². The molecule has 0 radical (unpaired) electrons. The number of nitrogens with two attached hydrogens (primary N) is 1. The Bertz CT molecular complexity index is 883. The number of aromatic nitrogens is 1. The van der Waals surface area contributed by atoms with Crippen LogP contribution in [0.15, 0.2) is 29.2 Å². The quantitative estimate of drug-likeness (QED) is 0.891. The molecule has 6 nitrogen and oxygen atoms in total. The Hall–Kier alpha value is -2.70. The third-order valence-electron chi connectivity index (χ3n) is 4.57. The van der Waals surface area contributed by atoms with Crippen molar-refractivity contribution in [3.63, 3.8) is 0 Å². The van der Waals surface area contributed by atoms with E-state index in [2.05, 4.69) is 0 Å². The Morgan fingerprint density at radius 3 is 2.54 bits per heavy atom. The summed E-state index contributed by atoms with van der Waals surface area (Å²) in [5, 5.41) is 0.176. The van der Waals surface area contributed by atoms with E-state index in [0.29, 0.717) is 31.4 Å². The number of pyridine rings is 1. The first kappa shape index (κ1) is 16.2. The molecule has 2 N–H and O–H groups in total. The number of amides is 2. The van der Waals surface area contributed by atoms with Crippen LogP contribution in [0.2, 0.25) is 0 Å². The van der Waals surface area contributed by atoms with Crippen molar-refractivity contribution in [1.82, 2.24) is 9.47 Å². The van der Waals surface area contributed by atoms with Crippen LogP contribution < -0.4 is 11.2 Å². The summed E-state index contributed by atoms with van der Waals surface area (Å²) >= 11 is 0. The molecule has 2 amide bonds. The second-order valence-corrected chi connectivity index (χ2v) is 6.11. The lowest BCUT2D eigenvalue weighted by Crippen LogP contribution is -2.43. The zero-order valence-corrected chi connectivity index (χ0v) is 13.3. The van der Waals surface area contributed by atoms with Gasteiger partial charge in [-0.2, -0.15) is 0 Å². The molecule has 1 aromatic carbocycles. The zero-order valence-electron chi connectivity index (χ0n) is 13.3. The van der Waals surface area contributed by atoms with E-state index in [9.17, 15) is 18.8 Å². The minimum absolute atomic E-state index is 0.00752. The number of aryl methyl sites for hydroxylation is 1. The number of benzene rings is 1. The predicted octanol–water partition coefficient (Wildman–Crippen LogP) is 1.02. The fourth-order valence-electron chi connectivity index (χ4n) is 3.15. The Balaban J connectivity index is 1.95. The molecule has 1 fully saturated rings. The van der Waals surface area contributed by atoms with Gasteiger partial charge >= 0.3 is 0 Å². The highest BCUT2D eigenvalue weighted by atomic mass is 19.1. The highest BCUT2D eigenvalue weighted by molar-refractivity contribution is 5.97. The average molecular weight is 331 g/mol. The molecule has 1 saturated heterocycles. The van der Waals surface area contributed by atoms with E-state index in [-0.39, 0.29) is 22.8 Å². The molecule has 1 aliphatic heterocycles. The van der Waals surface area contributed by atoms with E-state index in [1.54, 1.807) is 16.5 Å². The smallest absolute Gasteiger partial charge is 0.259 e. The number of likely N-dealkylation sites (tertiary alicyclic amines) is 1. The van der Waals surface area contributed by atoms with Crippen LogP contribution in [0.5, 0.6) is 0 Å². The first-order valence-corrected chi connectivity index (χ1v) is 7.76. The molecule has 24 heavy (non-hydrogen) atoms. The van der Waals surface area contributed by atoms with Crippen LogP contribution in [0.4, 0.5) is 4.39 Å². The molecule has 2 aromatic rings. The number of carbonyl (C=O) groups excluding carboxylic acids is 2. The van der Waals surface area contributed by atoms with Crippen molar-refractivity contribution in [3.8, 4) is 0 Å². The molecule has 7 heteroatoms. The third-order valence-corrected chi connectivity index (χ3v) is 4.57. The van der Waals surface area contributed by atoms with E-state index in [4.69, 9.17) is 5.73 Å². The molecular weight excluding hydrogens is 313 g/mol. The first-order chi connectivity index (χ1) is 11.4. The van der Waals surface area contributed by atoms with Crippen molar-refractivity contribution in [3.05, 3.63) is 46.0 Å². The molecule has 1 aliphatic rings. The SMILES string of the molecule is Cn1cc(C(=O)N2CCC(C(N)=O)CC2)c(=O)c2cc(F)ccc21. The van der Waals surface area contributed by atoms with Crippen LogP contribution in [-0.2, 0) is 11.8 Å². The first-order valence-electron chi connectivity index (χ1n) is 7.76. The summed E-state index contributed by atoms with van der Waals surface area (Å²) in [6, 6.07) is 3.93. The lowest BCUT2D eigenvalue weighted by molar-refractivity contribution is -0.123. The standard InChI is InChI=1S/C17H18FN3O3/c1-20-9-13(15(22)12-8-11(18)2-3-14(12)20)17(24)21-6-4-10(5-7-21)16(19)23/h2-3,8-10H,4-7H2,1H3,(H2,19,23). The van der Waals surface area contributed by atoms with E-state index in [1.165, 1.54) is 18.3 Å². The molecule has 0 aliphatic carbocycles. The Labute approximate surface area is 137 Å². The van der Waals surface area contributed by atoms with Crippen molar-refractivity contribution in [1.29, 1.82) is 0 Å². The molecule has 0 saturated carbocycles. The summed E-state index contributed by atoms with van der Waals surface area (Å²) in [6.45, 7) is 0.744. The summed E-state index contributed by atoms with van der Waals surface area (Å²) in [5.74, 6) is -1.52. The van der Waals surface area contributed by atoms with Crippen LogP contribution in [0, 0.1) is 11.7 Å². The van der Waals surface area contributed by atoms with Gasteiger partial charge in [-0.25, -0.2) is 4.39 Å². The summed E-state index contributed by atoms with van der Waals surface area (Å²) < 4.78 is 15.1. The molecule has 3 rings (SSSR count). The number of rotatable bonds is 2. The van der Waals surface area contributed by atoms with Crippen molar-refractivity contribution < 1.29 is 14.0 Å². The topological polar surface area (TPSA) is 85.4 Å². The second-order valence-electron chi connectivity index (χ2n) is 6.11. The maximum Gasteiger partial charge on any atom is 0.259 e. The number of piperidine rings is 1. The van der Waals surface area contributed by atoms with Gasteiger partial charge in [-0.3, -0.25) is 14.4 Å². The minimum Gasteiger partial charge on any atom is -0.369 e. The number of fused-ring (bicyclic) bond motifs is 1. The zero-order chi connectivity index (χ0) is 17.4. The minimum atomic E-state index is -0.522. The summed E-state index contributed by atoms with van der Waals surface area (Å²) in [7, 11) is 1.70. The highest BCUT2D eigenvalue weighted by Gasteiger charge is 2.28. The number of hydrogen-bond acceptors (Lipinski definition) is 3. The number of halogens is 1. The highest BCUT2D eigenvalue weighted by Crippen LogP contribution is 2.19. The average Bonchev–Trinajstić information content (AvgIpc) is 2.57. The molecule has 1 aromatic heterocycles. The molecular formula is C17H18FN3O3. The van der Waals surface area contributed by atoms with E-state index in [1.807, 2.05) is 0 Å². The van der Waals surface area contributed by atoms with Crippen LogP contribution in [0.3, 0.4) is 0 Å². The van der Waals surface area contributed by atoms with Crippen molar-refractivity contribution in [2.75, 3.05) is 13.1 Å². The summed E-state index contributed by atoms with van der Waals surface area (Å²) in [6.07, 6.45) is 2.46. The largest absolute Gasteiger partial charge is 0.369 e. The van der Waals surface area contributed by atoms with Gasteiger partial charge in [-0.05, 0) is 31.0 Å². The molecule has 2 heterocycles. The van der Waals surface area contributed by atoms with Crippen LogP contribution >= 0.6 is 0 Å². The Morgan fingerprint density at radius 1 is 1.25 bits per heavy atom. The molecule has 0 bridgehead atoms. The summed E-state index contributed by atoms with van der Waals surface area (Å²) in [4.78, 5) is 38.0. The van der Waals surface area contributed by atoms with Gasteiger partial charge in [-0.1, -0.05) is 0 Å². The lowest BCUT2D eigenvalue weighted by atomic mass is 9.96. The third kappa shape index (κ3) is 2.77. The van der Waals surface area contributed by atoms with Gasteiger partial charge in [0.05, 0.1) is 5.52 Å². The van der Waals surface area contributed by atoms with Crippen LogP contribution in [0.25, 0.3) is 10.9 Å². The number of hydrogen-bond donors (Lipinski definition) is 1. The van der Waals surface area contributed by atoms with Gasteiger partial charge in [-0.15, -0.1) is 0 Å². The number of carbonyl (C=O) groups is 2. The Morgan fingerprint density at radius 2 is 1.92 bits per heavy atom. The van der Waals surface area contributed by atoms with Crippen LogP contribution in [0.1, 0.15) is 23.2 Å². The van der Waals surface area contributed by atoms with Gasteiger partial charge in [0.15, 0.2) is 0 Å². The molecule has 0 atom stereocenters. The predicted molar refractivity (Wildman–Crippen MR) is 87.0 cm³/mol. The second kappa shape index (κ2) is 6.07. The summed E-state index contributed by atoms with van der Waals surface area (Å²) in [5.41, 5.74) is 5.38. The van der Waals surface area contributed by atoms with Crippen molar-refractivity contribution >= 4 is 22.7 Å². The normalized spacial score (nSPS) is 15.7. The maximum atomic E-state index is 13.5. The van der Waals surface area contributed by atoms with Gasteiger partial charge in [0.2, 0.25) is 11.3 Å². The number of primary amides is 1. The fraction of sp³-hybridized carbons (Fsp3) is 0.353. The lowest BCUT2D eigenvalue weighted by Gasteiger charge is -2.30. The molecule has 0 unspecified atom stereocenters. The van der Waals surface area contributed by atoms with E-state index >= 15 is 0 Å². The van der Waals surface area contributed by atoms with Gasteiger partial charge in [0, 0.05) is 37.6 Å². The van der Waals surface area contributed by atoms with Crippen molar-refractivity contribution in [2.24, 2.45) is 18.7 Å². The monoisotopic (exact) mass is 331 g/mol.